The van der Waals surface area contributed by atoms with E-state index in [1.54, 1.807) is 6.07 Å². The first-order valence-corrected chi connectivity index (χ1v) is 6.37. The maximum atomic E-state index is 10.6. The number of aldehydes is 1. The number of rotatable bonds is 4. The molecule has 0 aliphatic carbocycles. The highest BCUT2D eigenvalue weighted by Gasteiger charge is 2.04. The van der Waals surface area contributed by atoms with Gasteiger partial charge in [-0.3, -0.25) is 4.79 Å². The standard InChI is InChI=1S/C17H14O2/c18-12-16-11-10-15(19-16)9-8-14-6-3-5-13-4-1-2-7-17(13)14/h1-7,10-12H,8-9H2. The van der Waals surface area contributed by atoms with Crippen LogP contribution in [0, 0.1) is 0 Å². The third-order valence-electron chi connectivity index (χ3n) is 3.32. The summed E-state index contributed by atoms with van der Waals surface area (Å²) < 4.78 is 5.40. The SMILES string of the molecule is O=Cc1ccc(CCc2cccc3ccccc23)o1. The molecule has 3 rings (SSSR count). The second-order valence-electron chi connectivity index (χ2n) is 4.56. The summed E-state index contributed by atoms with van der Waals surface area (Å²) in [7, 11) is 0. The fourth-order valence-electron chi connectivity index (χ4n) is 2.36. The Labute approximate surface area is 111 Å². The first-order chi connectivity index (χ1) is 9.36. The van der Waals surface area contributed by atoms with Gasteiger partial charge in [0.1, 0.15) is 5.76 Å². The molecule has 2 aromatic carbocycles. The van der Waals surface area contributed by atoms with Crippen LogP contribution in [0.4, 0.5) is 0 Å². The fourth-order valence-corrected chi connectivity index (χ4v) is 2.36. The predicted molar refractivity (Wildman–Crippen MR) is 75.5 cm³/mol. The normalized spacial score (nSPS) is 10.7. The van der Waals surface area contributed by atoms with Gasteiger partial charge in [-0.2, -0.15) is 0 Å². The van der Waals surface area contributed by atoms with Crippen LogP contribution in [0.3, 0.4) is 0 Å². The first kappa shape index (κ1) is 11.7. The fraction of sp³-hybridized carbons (Fsp3) is 0.118. The topological polar surface area (TPSA) is 30.2 Å². The van der Waals surface area contributed by atoms with E-state index in [1.807, 2.05) is 6.07 Å². The highest BCUT2D eigenvalue weighted by molar-refractivity contribution is 5.85. The van der Waals surface area contributed by atoms with Gasteiger partial charge in [0.25, 0.3) is 0 Å². The number of aryl methyl sites for hydroxylation is 2. The molecule has 0 amide bonds. The third kappa shape index (κ3) is 2.43. The number of carbonyl (C=O) groups excluding carboxylic acids is 1. The van der Waals surface area contributed by atoms with E-state index in [9.17, 15) is 4.79 Å². The number of carbonyl (C=O) groups is 1. The minimum atomic E-state index is 0.396. The summed E-state index contributed by atoms with van der Waals surface area (Å²) in [6.07, 6.45) is 2.45. The zero-order valence-corrected chi connectivity index (χ0v) is 10.5. The van der Waals surface area contributed by atoms with Crippen LogP contribution in [-0.2, 0) is 12.8 Å². The van der Waals surface area contributed by atoms with Gasteiger partial charge >= 0.3 is 0 Å². The molecule has 94 valence electrons. The van der Waals surface area contributed by atoms with Crippen molar-refractivity contribution in [2.45, 2.75) is 12.8 Å². The molecule has 0 aliphatic rings. The van der Waals surface area contributed by atoms with Crippen molar-refractivity contribution in [1.82, 2.24) is 0 Å². The van der Waals surface area contributed by atoms with Crippen LogP contribution in [0.1, 0.15) is 21.9 Å². The monoisotopic (exact) mass is 250 g/mol. The highest BCUT2D eigenvalue weighted by atomic mass is 16.3. The van der Waals surface area contributed by atoms with Crippen molar-refractivity contribution in [3.8, 4) is 0 Å². The lowest BCUT2D eigenvalue weighted by molar-refractivity contribution is 0.109. The van der Waals surface area contributed by atoms with Gasteiger partial charge in [-0.1, -0.05) is 42.5 Å². The Bertz CT molecular complexity index is 705. The average molecular weight is 250 g/mol. The lowest BCUT2D eigenvalue weighted by Crippen LogP contribution is -1.91. The van der Waals surface area contributed by atoms with E-state index in [4.69, 9.17) is 4.42 Å². The number of benzene rings is 2. The Morgan fingerprint density at radius 2 is 1.74 bits per heavy atom. The molecule has 0 saturated heterocycles. The van der Waals surface area contributed by atoms with Crippen LogP contribution in [0.25, 0.3) is 10.8 Å². The average Bonchev–Trinajstić information content (AvgIpc) is 2.93. The molecule has 0 saturated carbocycles. The minimum absolute atomic E-state index is 0.396. The van der Waals surface area contributed by atoms with Crippen molar-refractivity contribution in [1.29, 1.82) is 0 Å². The molecule has 0 radical (unpaired) electrons. The zero-order valence-electron chi connectivity index (χ0n) is 10.5. The lowest BCUT2D eigenvalue weighted by atomic mass is 10.0. The summed E-state index contributed by atoms with van der Waals surface area (Å²) in [5, 5.41) is 2.54. The number of hydrogen-bond donors (Lipinski definition) is 0. The second-order valence-corrected chi connectivity index (χ2v) is 4.56. The van der Waals surface area contributed by atoms with Crippen LogP contribution < -0.4 is 0 Å². The molecule has 0 fully saturated rings. The summed E-state index contributed by atoms with van der Waals surface area (Å²) in [4.78, 5) is 10.6. The summed E-state index contributed by atoms with van der Waals surface area (Å²) in [5.41, 5.74) is 1.31. The smallest absolute Gasteiger partial charge is 0.185 e. The molecule has 0 atom stereocenters. The molecule has 0 aliphatic heterocycles. The molecular weight excluding hydrogens is 236 g/mol. The molecule has 0 N–H and O–H groups in total. The molecule has 3 aromatic rings. The Hall–Kier alpha value is -2.35. The van der Waals surface area contributed by atoms with Crippen molar-refractivity contribution in [2.24, 2.45) is 0 Å². The zero-order chi connectivity index (χ0) is 13.1. The molecule has 0 unspecified atom stereocenters. The quantitative estimate of drug-likeness (QED) is 0.654. The molecule has 1 heterocycles. The van der Waals surface area contributed by atoms with E-state index >= 15 is 0 Å². The van der Waals surface area contributed by atoms with Crippen LogP contribution in [0.15, 0.2) is 59.0 Å². The number of fused-ring (bicyclic) bond motifs is 1. The van der Waals surface area contributed by atoms with E-state index < -0.39 is 0 Å². The predicted octanol–water partition coefficient (Wildman–Crippen LogP) is 4.03. The van der Waals surface area contributed by atoms with Crippen molar-refractivity contribution in [2.75, 3.05) is 0 Å². The molecule has 0 bridgehead atoms. The Morgan fingerprint density at radius 3 is 2.58 bits per heavy atom. The van der Waals surface area contributed by atoms with Gasteiger partial charge in [-0.25, -0.2) is 0 Å². The van der Waals surface area contributed by atoms with Crippen molar-refractivity contribution >= 4 is 17.1 Å². The van der Waals surface area contributed by atoms with Gasteiger partial charge in [0.2, 0.25) is 0 Å². The van der Waals surface area contributed by atoms with Gasteiger partial charge in [0.15, 0.2) is 12.0 Å². The maximum absolute atomic E-state index is 10.6. The van der Waals surface area contributed by atoms with E-state index in [2.05, 4.69) is 42.5 Å². The molecule has 19 heavy (non-hydrogen) atoms. The van der Waals surface area contributed by atoms with E-state index in [0.717, 1.165) is 24.9 Å². The Kier molecular flexibility index (Phi) is 3.15. The molecule has 2 heteroatoms. The van der Waals surface area contributed by atoms with Crippen molar-refractivity contribution in [3.63, 3.8) is 0 Å². The summed E-state index contributed by atoms with van der Waals surface area (Å²) in [6.45, 7) is 0. The van der Waals surface area contributed by atoms with Crippen molar-refractivity contribution in [3.05, 3.63) is 71.7 Å². The van der Waals surface area contributed by atoms with Crippen LogP contribution in [0.5, 0.6) is 0 Å². The summed E-state index contributed by atoms with van der Waals surface area (Å²) >= 11 is 0. The van der Waals surface area contributed by atoms with E-state index in [-0.39, 0.29) is 0 Å². The molecular formula is C17H14O2. The molecule has 2 nitrogen and oxygen atoms in total. The summed E-state index contributed by atoms with van der Waals surface area (Å²) in [5.74, 6) is 1.25. The molecule has 1 aromatic heterocycles. The maximum Gasteiger partial charge on any atom is 0.185 e. The van der Waals surface area contributed by atoms with Gasteiger partial charge in [-0.05, 0) is 34.9 Å². The lowest BCUT2D eigenvalue weighted by Gasteiger charge is -2.05. The second kappa shape index (κ2) is 5.11. The van der Waals surface area contributed by atoms with Crippen LogP contribution in [-0.4, -0.2) is 6.29 Å². The van der Waals surface area contributed by atoms with Gasteiger partial charge < -0.3 is 4.42 Å². The van der Waals surface area contributed by atoms with E-state index in [0.29, 0.717) is 5.76 Å². The largest absolute Gasteiger partial charge is 0.458 e. The number of hydrogen-bond acceptors (Lipinski definition) is 2. The van der Waals surface area contributed by atoms with Crippen LogP contribution >= 0.6 is 0 Å². The molecule has 0 spiro atoms. The summed E-state index contributed by atoms with van der Waals surface area (Å²) in [6, 6.07) is 18.3. The van der Waals surface area contributed by atoms with Gasteiger partial charge in [-0.15, -0.1) is 0 Å². The highest BCUT2D eigenvalue weighted by Crippen LogP contribution is 2.20. The van der Waals surface area contributed by atoms with Gasteiger partial charge in [0, 0.05) is 6.42 Å². The van der Waals surface area contributed by atoms with E-state index in [1.165, 1.54) is 16.3 Å². The van der Waals surface area contributed by atoms with Crippen LogP contribution in [0.2, 0.25) is 0 Å². The Balaban J connectivity index is 1.83. The van der Waals surface area contributed by atoms with Gasteiger partial charge in [0.05, 0.1) is 0 Å². The first-order valence-electron chi connectivity index (χ1n) is 6.37. The third-order valence-corrected chi connectivity index (χ3v) is 3.32. The van der Waals surface area contributed by atoms with Crippen molar-refractivity contribution < 1.29 is 9.21 Å². The Morgan fingerprint density at radius 1 is 0.895 bits per heavy atom. The number of furan rings is 1. The minimum Gasteiger partial charge on any atom is -0.458 e.